The fraction of sp³-hybridized carbons (Fsp3) is 0.611. The van der Waals surface area contributed by atoms with Gasteiger partial charge in [-0.05, 0) is 43.6 Å². The van der Waals surface area contributed by atoms with E-state index in [1.807, 2.05) is 37.3 Å². The molecule has 114 valence electrons. The Morgan fingerprint density at radius 1 is 1.29 bits per heavy atom. The van der Waals surface area contributed by atoms with Crippen LogP contribution in [0.5, 0.6) is 0 Å². The number of aliphatic hydroxyl groups excluding tert-OH is 1. The molecule has 1 aromatic carbocycles. The predicted molar refractivity (Wildman–Crippen MR) is 82.7 cm³/mol. The number of fused-ring (bicyclic) bond motifs is 2. The van der Waals surface area contributed by atoms with E-state index >= 15 is 0 Å². The van der Waals surface area contributed by atoms with Crippen molar-refractivity contribution in [3.8, 4) is 0 Å². The Morgan fingerprint density at radius 2 is 2.05 bits per heavy atom. The molecular formula is C18H25NO2. The van der Waals surface area contributed by atoms with E-state index in [0.717, 1.165) is 17.9 Å². The zero-order valence-corrected chi connectivity index (χ0v) is 12.7. The highest BCUT2D eigenvalue weighted by Crippen LogP contribution is 2.48. The molecule has 0 spiro atoms. The summed E-state index contributed by atoms with van der Waals surface area (Å²) in [5.41, 5.74) is 1.10. The van der Waals surface area contributed by atoms with Gasteiger partial charge in [-0.2, -0.15) is 0 Å². The lowest BCUT2D eigenvalue weighted by Gasteiger charge is -2.25. The zero-order valence-electron chi connectivity index (χ0n) is 12.7. The van der Waals surface area contributed by atoms with Gasteiger partial charge in [0, 0.05) is 12.3 Å². The third-order valence-electron chi connectivity index (χ3n) is 5.31. The highest BCUT2D eigenvalue weighted by atomic mass is 16.3. The number of amides is 1. The van der Waals surface area contributed by atoms with Crippen LogP contribution in [0, 0.1) is 17.8 Å². The number of hydrogen-bond acceptors (Lipinski definition) is 2. The molecule has 3 nitrogen and oxygen atoms in total. The van der Waals surface area contributed by atoms with E-state index in [2.05, 4.69) is 5.32 Å². The van der Waals surface area contributed by atoms with Crippen LogP contribution in [0.2, 0.25) is 0 Å². The predicted octanol–water partition coefficient (Wildman–Crippen LogP) is 2.53. The monoisotopic (exact) mass is 287 g/mol. The zero-order chi connectivity index (χ0) is 14.8. The minimum absolute atomic E-state index is 0.154. The third-order valence-corrected chi connectivity index (χ3v) is 5.31. The van der Waals surface area contributed by atoms with Gasteiger partial charge in [-0.25, -0.2) is 0 Å². The Kier molecular flexibility index (Phi) is 4.29. The smallest absolute Gasteiger partial charge is 0.223 e. The molecule has 0 aromatic heterocycles. The van der Waals surface area contributed by atoms with Gasteiger partial charge in [-0.1, -0.05) is 36.8 Å². The number of carbonyl (C=O) groups is 1. The van der Waals surface area contributed by atoms with Gasteiger partial charge in [-0.15, -0.1) is 0 Å². The van der Waals surface area contributed by atoms with Crippen LogP contribution in [0.25, 0.3) is 0 Å². The van der Waals surface area contributed by atoms with Crippen molar-refractivity contribution in [3.05, 3.63) is 35.9 Å². The molecule has 2 bridgehead atoms. The van der Waals surface area contributed by atoms with Gasteiger partial charge in [-0.3, -0.25) is 4.79 Å². The first-order valence-electron chi connectivity index (χ1n) is 8.16. The Labute approximate surface area is 126 Å². The average Bonchev–Trinajstić information content (AvgIpc) is 3.11. The number of hydrogen-bond donors (Lipinski definition) is 2. The number of carbonyl (C=O) groups excluding carboxylic acids is 1. The Morgan fingerprint density at radius 3 is 2.67 bits per heavy atom. The maximum absolute atomic E-state index is 12.4. The maximum Gasteiger partial charge on any atom is 0.223 e. The quantitative estimate of drug-likeness (QED) is 0.874. The summed E-state index contributed by atoms with van der Waals surface area (Å²) in [5.74, 6) is 1.71. The molecule has 1 aromatic rings. The number of benzene rings is 1. The molecule has 3 heteroatoms. The lowest BCUT2D eigenvalue weighted by atomic mass is 9.88. The second kappa shape index (κ2) is 6.18. The second-order valence-corrected chi connectivity index (χ2v) is 6.84. The van der Waals surface area contributed by atoms with Gasteiger partial charge in [0.25, 0.3) is 0 Å². The molecule has 21 heavy (non-hydrogen) atoms. The molecule has 2 fully saturated rings. The van der Waals surface area contributed by atoms with Crippen molar-refractivity contribution in [1.29, 1.82) is 0 Å². The second-order valence-electron chi connectivity index (χ2n) is 6.84. The van der Waals surface area contributed by atoms with Gasteiger partial charge in [0.2, 0.25) is 5.91 Å². The summed E-state index contributed by atoms with van der Waals surface area (Å²) in [5, 5.41) is 13.3. The van der Waals surface area contributed by atoms with Crippen molar-refractivity contribution in [2.24, 2.45) is 17.8 Å². The van der Waals surface area contributed by atoms with Gasteiger partial charge in [0.05, 0.1) is 12.1 Å². The first-order chi connectivity index (χ1) is 10.1. The van der Waals surface area contributed by atoms with E-state index in [4.69, 9.17) is 0 Å². The highest BCUT2D eigenvalue weighted by molar-refractivity contribution is 5.79. The van der Waals surface area contributed by atoms with E-state index in [0.29, 0.717) is 12.3 Å². The number of nitrogens with one attached hydrogen (secondary N) is 1. The molecule has 0 saturated heterocycles. The van der Waals surface area contributed by atoms with Crippen LogP contribution in [0.4, 0.5) is 0 Å². The van der Waals surface area contributed by atoms with E-state index in [-0.39, 0.29) is 17.9 Å². The van der Waals surface area contributed by atoms with Gasteiger partial charge >= 0.3 is 0 Å². The molecule has 5 atom stereocenters. The molecule has 2 saturated carbocycles. The third kappa shape index (κ3) is 3.29. The molecule has 5 unspecified atom stereocenters. The van der Waals surface area contributed by atoms with Crippen LogP contribution in [-0.4, -0.2) is 23.2 Å². The molecule has 2 aliphatic rings. The summed E-state index contributed by atoms with van der Waals surface area (Å²) in [7, 11) is 0. The van der Waals surface area contributed by atoms with Crippen molar-refractivity contribution in [2.75, 3.05) is 0 Å². The van der Waals surface area contributed by atoms with Crippen molar-refractivity contribution in [2.45, 2.75) is 51.2 Å². The molecule has 0 aliphatic heterocycles. The Bertz CT molecular complexity index is 487. The fourth-order valence-electron chi connectivity index (χ4n) is 4.03. The van der Waals surface area contributed by atoms with Crippen molar-refractivity contribution in [3.63, 3.8) is 0 Å². The van der Waals surface area contributed by atoms with Crippen molar-refractivity contribution in [1.82, 2.24) is 5.32 Å². The normalized spacial score (nSPS) is 30.1. The van der Waals surface area contributed by atoms with Gasteiger partial charge < -0.3 is 10.4 Å². The lowest BCUT2D eigenvalue weighted by molar-refractivity contribution is -0.128. The largest absolute Gasteiger partial charge is 0.391 e. The lowest BCUT2D eigenvalue weighted by Crippen LogP contribution is -2.45. The van der Waals surface area contributed by atoms with Crippen LogP contribution in [0.15, 0.2) is 30.3 Å². The minimum atomic E-state index is -0.532. The standard InChI is InChI=1S/C18H25NO2/c1-12(17(20)11-13-5-3-2-4-6-13)19-18(21)16-10-14-7-8-15(16)9-14/h2-6,12,14-17,20H,7-11H2,1H3,(H,19,21). The van der Waals surface area contributed by atoms with Crippen molar-refractivity contribution >= 4 is 5.91 Å². The molecule has 0 heterocycles. The molecule has 0 radical (unpaired) electrons. The van der Waals surface area contributed by atoms with Gasteiger partial charge in [0.1, 0.15) is 0 Å². The van der Waals surface area contributed by atoms with Crippen LogP contribution >= 0.6 is 0 Å². The first-order valence-corrected chi connectivity index (χ1v) is 8.16. The van der Waals surface area contributed by atoms with E-state index in [1.54, 1.807) is 0 Å². The Balaban J connectivity index is 1.51. The van der Waals surface area contributed by atoms with Gasteiger partial charge in [0.15, 0.2) is 0 Å². The average molecular weight is 287 g/mol. The Hall–Kier alpha value is -1.35. The summed E-state index contributed by atoms with van der Waals surface area (Å²) in [6.07, 6.45) is 4.86. The van der Waals surface area contributed by atoms with E-state index in [1.165, 1.54) is 19.3 Å². The molecule has 3 rings (SSSR count). The summed E-state index contributed by atoms with van der Waals surface area (Å²) in [6.45, 7) is 1.90. The summed E-state index contributed by atoms with van der Waals surface area (Å²) < 4.78 is 0. The van der Waals surface area contributed by atoms with Crippen LogP contribution in [0.3, 0.4) is 0 Å². The minimum Gasteiger partial charge on any atom is -0.391 e. The van der Waals surface area contributed by atoms with E-state index < -0.39 is 6.10 Å². The SMILES string of the molecule is CC(NC(=O)C1CC2CCC1C2)C(O)Cc1ccccc1. The van der Waals surface area contributed by atoms with Crippen LogP contribution in [0.1, 0.15) is 38.2 Å². The van der Waals surface area contributed by atoms with Crippen LogP contribution < -0.4 is 5.32 Å². The van der Waals surface area contributed by atoms with Crippen molar-refractivity contribution < 1.29 is 9.90 Å². The molecule has 1 amide bonds. The number of rotatable bonds is 5. The fourth-order valence-corrected chi connectivity index (χ4v) is 4.03. The van der Waals surface area contributed by atoms with E-state index in [9.17, 15) is 9.90 Å². The summed E-state index contributed by atoms with van der Waals surface area (Å²) in [4.78, 5) is 12.4. The summed E-state index contributed by atoms with van der Waals surface area (Å²) >= 11 is 0. The number of aliphatic hydroxyl groups is 1. The molecular weight excluding hydrogens is 262 g/mol. The first kappa shape index (κ1) is 14.6. The topological polar surface area (TPSA) is 49.3 Å². The molecule has 2 aliphatic carbocycles. The van der Waals surface area contributed by atoms with Crippen LogP contribution in [-0.2, 0) is 11.2 Å². The summed E-state index contributed by atoms with van der Waals surface area (Å²) in [6, 6.07) is 9.73. The maximum atomic E-state index is 12.4. The highest BCUT2D eigenvalue weighted by Gasteiger charge is 2.43. The molecule has 2 N–H and O–H groups in total.